The predicted molar refractivity (Wildman–Crippen MR) is 124 cm³/mol. The van der Waals surface area contributed by atoms with E-state index in [1.165, 1.54) is 4.90 Å². The van der Waals surface area contributed by atoms with Crippen molar-refractivity contribution in [3.8, 4) is 5.75 Å². The zero-order valence-corrected chi connectivity index (χ0v) is 20.6. The van der Waals surface area contributed by atoms with Crippen molar-refractivity contribution < 1.29 is 45.4 Å². The number of carbonyl (C=O) groups excluding carboxylic acids is 1. The third-order valence-corrected chi connectivity index (χ3v) is 7.27. The van der Waals surface area contributed by atoms with Crippen molar-refractivity contribution in [2.24, 2.45) is 11.3 Å². The van der Waals surface area contributed by atoms with E-state index in [9.17, 15) is 36.2 Å². The summed E-state index contributed by atoms with van der Waals surface area (Å²) in [6.45, 7) is -0.148. The van der Waals surface area contributed by atoms with Crippen molar-refractivity contribution in [2.75, 3.05) is 26.3 Å². The van der Waals surface area contributed by atoms with E-state index in [0.717, 1.165) is 24.7 Å². The molecule has 2 atom stereocenters. The van der Waals surface area contributed by atoms with Gasteiger partial charge in [-0.2, -0.15) is 26.3 Å². The number of aliphatic hydroxyl groups is 1. The van der Waals surface area contributed by atoms with Crippen molar-refractivity contribution in [2.45, 2.75) is 50.2 Å². The molecular weight excluding hydrogens is 519 g/mol. The number of benzene rings is 2. The SMILES string of the molecule is CC(C=O)(CO)C(c1cccc(OCC2(F)CN(Cc3cc(C(F)(F)F)ccc3C(F)(F)F)C2)c1)C1CC1. The van der Waals surface area contributed by atoms with Crippen LogP contribution in [0.15, 0.2) is 42.5 Å². The molecular formula is C27H28F7NO3. The maximum absolute atomic E-state index is 15.2. The summed E-state index contributed by atoms with van der Waals surface area (Å²) in [5.74, 6) is 0.340. The Kier molecular flexibility index (Phi) is 7.57. The summed E-state index contributed by atoms with van der Waals surface area (Å²) >= 11 is 0. The number of ether oxygens (including phenoxy) is 1. The molecule has 1 saturated carbocycles. The van der Waals surface area contributed by atoms with Gasteiger partial charge in [0.25, 0.3) is 0 Å². The molecule has 0 amide bonds. The summed E-state index contributed by atoms with van der Waals surface area (Å²) in [7, 11) is 0. The fraction of sp³-hybridized carbons (Fsp3) is 0.519. The molecule has 2 aromatic rings. The molecule has 2 aromatic carbocycles. The lowest BCUT2D eigenvalue weighted by atomic mass is 9.72. The maximum Gasteiger partial charge on any atom is 0.416 e. The summed E-state index contributed by atoms with van der Waals surface area (Å²) in [4.78, 5) is 13.0. The first kappa shape index (κ1) is 28.4. The highest BCUT2D eigenvalue weighted by molar-refractivity contribution is 5.62. The zero-order chi connectivity index (χ0) is 27.9. The van der Waals surface area contributed by atoms with Crippen LogP contribution >= 0.6 is 0 Å². The molecule has 1 heterocycles. The minimum absolute atomic E-state index is 0.234. The molecule has 0 spiro atoms. The number of alkyl halides is 7. The topological polar surface area (TPSA) is 49.8 Å². The fourth-order valence-electron chi connectivity index (χ4n) is 5.22. The predicted octanol–water partition coefficient (Wildman–Crippen LogP) is 6.02. The van der Waals surface area contributed by atoms with Crippen LogP contribution in [0.2, 0.25) is 0 Å². The highest BCUT2D eigenvalue weighted by Gasteiger charge is 2.47. The Hall–Kier alpha value is -2.66. The number of rotatable bonds is 10. The van der Waals surface area contributed by atoms with Crippen molar-refractivity contribution in [3.05, 3.63) is 64.7 Å². The molecule has 1 saturated heterocycles. The normalized spacial score (nSPS) is 20.3. The van der Waals surface area contributed by atoms with Crippen molar-refractivity contribution in [3.63, 3.8) is 0 Å². The Balaban J connectivity index is 1.41. The Labute approximate surface area is 215 Å². The largest absolute Gasteiger partial charge is 0.490 e. The van der Waals surface area contributed by atoms with Crippen molar-refractivity contribution in [1.29, 1.82) is 0 Å². The minimum atomic E-state index is -4.85. The molecule has 2 fully saturated rings. The van der Waals surface area contributed by atoms with Crippen LogP contribution in [0, 0.1) is 11.3 Å². The number of aldehydes is 1. The molecule has 4 rings (SSSR count). The van der Waals surface area contributed by atoms with Crippen LogP contribution in [-0.4, -0.2) is 48.3 Å². The summed E-state index contributed by atoms with van der Waals surface area (Å²) in [5, 5.41) is 9.82. The lowest BCUT2D eigenvalue weighted by Crippen LogP contribution is -2.61. The molecule has 0 bridgehead atoms. The van der Waals surface area contributed by atoms with Gasteiger partial charge >= 0.3 is 12.4 Å². The molecule has 0 radical (unpaired) electrons. The van der Waals surface area contributed by atoms with E-state index in [2.05, 4.69) is 0 Å². The van der Waals surface area contributed by atoms with E-state index in [-0.39, 0.29) is 31.5 Å². The van der Waals surface area contributed by atoms with Crippen LogP contribution < -0.4 is 4.74 Å². The average Bonchev–Trinajstić information content (AvgIpc) is 3.66. The molecule has 0 aromatic heterocycles. The van der Waals surface area contributed by atoms with Gasteiger partial charge in [-0.1, -0.05) is 19.1 Å². The Morgan fingerprint density at radius 3 is 2.32 bits per heavy atom. The van der Waals surface area contributed by atoms with Crippen LogP contribution in [0.4, 0.5) is 30.7 Å². The molecule has 2 unspecified atom stereocenters. The van der Waals surface area contributed by atoms with Gasteiger partial charge in [0.05, 0.1) is 23.1 Å². The number of nitrogens with zero attached hydrogens (tertiary/aromatic N) is 1. The smallest absolute Gasteiger partial charge is 0.416 e. The van der Waals surface area contributed by atoms with Crippen LogP contribution in [0.1, 0.15) is 47.9 Å². The minimum Gasteiger partial charge on any atom is -0.490 e. The Morgan fingerprint density at radius 2 is 1.76 bits per heavy atom. The first-order chi connectivity index (χ1) is 17.7. The summed E-state index contributed by atoms with van der Waals surface area (Å²) in [6, 6.07) is 8.07. The van der Waals surface area contributed by atoms with E-state index in [0.29, 0.717) is 23.9 Å². The van der Waals surface area contributed by atoms with Crippen LogP contribution in [0.5, 0.6) is 5.75 Å². The van der Waals surface area contributed by atoms with Crippen LogP contribution in [-0.2, 0) is 23.7 Å². The third-order valence-electron chi connectivity index (χ3n) is 7.27. The first-order valence-corrected chi connectivity index (χ1v) is 12.2. The second-order valence-corrected chi connectivity index (χ2v) is 10.6. The maximum atomic E-state index is 15.2. The summed E-state index contributed by atoms with van der Waals surface area (Å²) in [6.07, 6.45) is -7.06. The molecule has 38 heavy (non-hydrogen) atoms. The van der Waals surface area contributed by atoms with Gasteiger partial charge in [0.2, 0.25) is 0 Å². The van der Waals surface area contributed by atoms with E-state index in [1.54, 1.807) is 25.1 Å². The molecule has 1 N–H and O–H groups in total. The lowest BCUT2D eigenvalue weighted by molar-refractivity contribution is -0.142. The van der Waals surface area contributed by atoms with Crippen LogP contribution in [0.25, 0.3) is 0 Å². The van der Waals surface area contributed by atoms with Gasteiger partial charge in [-0.25, -0.2) is 4.39 Å². The highest BCUT2D eigenvalue weighted by Crippen LogP contribution is 2.51. The van der Waals surface area contributed by atoms with Gasteiger partial charge in [0.15, 0.2) is 5.67 Å². The highest BCUT2D eigenvalue weighted by atomic mass is 19.4. The number of hydrogen-bond acceptors (Lipinski definition) is 4. The molecule has 4 nitrogen and oxygen atoms in total. The zero-order valence-electron chi connectivity index (χ0n) is 20.6. The second-order valence-electron chi connectivity index (χ2n) is 10.6. The number of halogens is 7. The molecule has 1 aliphatic heterocycles. The Bertz CT molecular complexity index is 1160. The second kappa shape index (κ2) is 10.1. The molecule has 11 heteroatoms. The first-order valence-electron chi connectivity index (χ1n) is 12.2. The van der Waals surface area contributed by atoms with Gasteiger partial charge in [-0.05, 0) is 60.2 Å². The van der Waals surface area contributed by atoms with E-state index >= 15 is 4.39 Å². The lowest BCUT2D eigenvalue weighted by Gasteiger charge is -2.44. The third kappa shape index (κ3) is 6.14. The van der Waals surface area contributed by atoms with Crippen LogP contribution in [0.3, 0.4) is 0 Å². The van der Waals surface area contributed by atoms with Gasteiger partial charge in [0, 0.05) is 25.6 Å². The summed E-state index contributed by atoms with van der Waals surface area (Å²) in [5.41, 5.74) is -5.06. The molecule has 208 valence electrons. The van der Waals surface area contributed by atoms with Gasteiger partial charge in [-0.3, -0.25) is 4.90 Å². The van der Waals surface area contributed by atoms with E-state index in [1.807, 2.05) is 6.07 Å². The van der Waals surface area contributed by atoms with Crippen molar-refractivity contribution >= 4 is 6.29 Å². The van der Waals surface area contributed by atoms with E-state index < -0.39 is 53.3 Å². The number of likely N-dealkylation sites (tertiary alicyclic amines) is 1. The monoisotopic (exact) mass is 547 g/mol. The number of aliphatic hydroxyl groups excluding tert-OH is 1. The van der Waals surface area contributed by atoms with Crippen molar-refractivity contribution in [1.82, 2.24) is 4.90 Å². The Morgan fingerprint density at radius 1 is 1.08 bits per heavy atom. The quantitative estimate of drug-likeness (QED) is 0.292. The number of hydrogen-bond donors (Lipinski definition) is 1. The van der Waals surface area contributed by atoms with E-state index in [4.69, 9.17) is 4.74 Å². The fourth-order valence-corrected chi connectivity index (χ4v) is 5.22. The average molecular weight is 548 g/mol. The summed E-state index contributed by atoms with van der Waals surface area (Å²) < 4.78 is 100. The molecule has 2 aliphatic rings. The van der Waals surface area contributed by atoms with Gasteiger partial charge in [-0.15, -0.1) is 0 Å². The standard InChI is InChI=1S/C27H28F7NO3/c1-24(14-36,15-37)23(17-5-6-17)18-3-2-4-21(10-18)38-16-25(28)12-35(13-25)11-19-9-20(26(29,30)31)7-8-22(19)27(32,33)34/h2-4,7-10,14,17,23,37H,5-6,11-13,15-16H2,1H3. The van der Waals surface area contributed by atoms with Gasteiger partial charge < -0.3 is 14.6 Å². The number of carbonyl (C=O) groups is 1. The van der Waals surface area contributed by atoms with Gasteiger partial charge in [0.1, 0.15) is 18.6 Å². The molecule has 1 aliphatic carbocycles.